The quantitative estimate of drug-likeness (QED) is 0.909. The van der Waals surface area contributed by atoms with E-state index in [2.05, 4.69) is 21.8 Å². The van der Waals surface area contributed by atoms with Crippen molar-refractivity contribution in [2.75, 3.05) is 18.0 Å². The number of carboxylic acids is 1. The SMILES string of the molecule is CC1CCN(c2nc(C(=O)O)nc3ccccc23)CC1. The number of rotatable bonds is 2. The van der Waals surface area contributed by atoms with Crippen LogP contribution >= 0.6 is 0 Å². The molecule has 5 heteroatoms. The number of carbonyl (C=O) groups is 1. The van der Waals surface area contributed by atoms with Crippen LogP contribution in [0.25, 0.3) is 10.9 Å². The van der Waals surface area contributed by atoms with Crippen LogP contribution in [0, 0.1) is 5.92 Å². The lowest BCUT2D eigenvalue weighted by molar-refractivity contribution is 0.0684. The van der Waals surface area contributed by atoms with Crippen molar-refractivity contribution in [1.82, 2.24) is 9.97 Å². The van der Waals surface area contributed by atoms with Crippen LogP contribution in [-0.4, -0.2) is 34.1 Å². The molecule has 3 rings (SSSR count). The maximum absolute atomic E-state index is 11.2. The second-order valence-corrected chi connectivity index (χ2v) is 5.36. The summed E-state index contributed by atoms with van der Waals surface area (Å²) >= 11 is 0. The van der Waals surface area contributed by atoms with Gasteiger partial charge in [-0.2, -0.15) is 0 Å². The van der Waals surface area contributed by atoms with Crippen LogP contribution in [0.4, 0.5) is 5.82 Å². The predicted octanol–water partition coefficient (Wildman–Crippen LogP) is 2.56. The third-order valence-corrected chi connectivity index (χ3v) is 3.86. The zero-order valence-electron chi connectivity index (χ0n) is 11.4. The number of aromatic carboxylic acids is 1. The summed E-state index contributed by atoms with van der Waals surface area (Å²) in [6.45, 7) is 4.08. The van der Waals surface area contributed by atoms with Gasteiger partial charge in [-0.15, -0.1) is 0 Å². The number of piperidine rings is 1. The Morgan fingerprint density at radius 2 is 1.95 bits per heavy atom. The monoisotopic (exact) mass is 271 g/mol. The Hall–Kier alpha value is -2.17. The van der Waals surface area contributed by atoms with Gasteiger partial charge in [0.25, 0.3) is 0 Å². The van der Waals surface area contributed by atoms with Gasteiger partial charge < -0.3 is 10.0 Å². The van der Waals surface area contributed by atoms with Crippen molar-refractivity contribution in [2.24, 2.45) is 5.92 Å². The average molecular weight is 271 g/mol. The van der Waals surface area contributed by atoms with Gasteiger partial charge >= 0.3 is 5.97 Å². The Morgan fingerprint density at radius 3 is 2.65 bits per heavy atom. The Labute approximate surface area is 117 Å². The molecule has 20 heavy (non-hydrogen) atoms. The molecule has 5 nitrogen and oxygen atoms in total. The van der Waals surface area contributed by atoms with Crippen LogP contribution in [0.5, 0.6) is 0 Å². The summed E-state index contributed by atoms with van der Waals surface area (Å²) in [5, 5.41) is 10.1. The highest BCUT2D eigenvalue weighted by Crippen LogP contribution is 2.27. The number of carboxylic acid groups (broad SMARTS) is 1. The minimum absolute atomic E-state index is 0.127. The van der Waals surface area contributed by atoms with E-state index in [1.807, 2.05) is 24.3 Å². The van der Waals surface area contributed by atoms with Crippen molar-refractivity contribution >= 4 is 22.7 Å². The fraction of sp³-hybridized carbons (Fsp3) is 0.400. The Balaban J connectivity index is 2.10. The molecule has 0 amide bonds. The molecule has 1 N–H and O–H groups in total. The number of hydrogen-bond donors (Lipinski definition) is 1. The molecule has 1 fully saturated rings. The van der Waals surface area contributed by atoms with Gasteiger partial charge in [0.15, 0.2) is 0 Å². The van der Waals surface area contributed by atoms with Crippen LogP contribution in [0.15, 0.2) is 24.3 Å². The Kier molecular flexibility index (Phi) is 3.26. The predicted molar refractivity (Wildman–Crippen MR) is 77.1 cm³/mol. The minimum Gasteiger partial charge on any atom is -0.475 e. The molecule has 0 unspecified atom stereocenters. The van der Waals surface area contributed by atoms with E-state index in [1.54, 1.807) is 0 Å². The van der Waals surface area contributed by atoms with E-state index in [0.717, 1.165) is 43.1 Å². The molecule has 0 spiro atoms. The van der Waals surface area contributed by atoms with Gasteiger partial charge in [-0.1, -0.05) is 19.1 Å². The van der Waals surface area contributed by atoms with Crippen molar-refractivity contribution in [3.63, 3.8) is 0 Å². The molecule has 104 valence electrons. The molecule has 1 aliphatic rings. The normalized spacial score (nSPS) is 16.6. The topological polar surface area (TPSA) is 66.3 Å². The van der Waals surface area contributed by atoms with Crippen molar-refractivity contribution in [3.8, 4) is 0 Å². The standard InChI is InChI=1S/C15H17N3O2/c1-10-6-8-18(9-7-10)14-11-4-2-3-5-12(11)16-13(17-14)15(19)20/h2-5,10H,6-9H2,1H3,(H,19,20). The second-order valence-electron chi connectivity index (χ2n) is 5.36. The highest BCUT2D eigenvalue weighted by atomic mass is 16.4. The molecule has 2 aromatic rings. The van der Waals surface area contributed by atoms with Crippen LogP contribution < -0.4 is 4.90 Å². The first-order valence-corrected chi connectivity index (χ1v) is 6.90. The second kappa shape index (κ2) is 5.07. The van der Waals surface area contributed by atoms with E-state index >= 15 is 0 Å². The summed E-state index contributed by atoms with van der Waals surface area (Å²) in [5.41, 5.74) is 0.688. The van der Waals surface area contributed by atoms with E-state index in [1.165, 1.54) is 0 Å². The van der Waals surface area contributed by atoms with Crippen LogP contribution in [0.2, 0.25) is 0 Å². The average Bonchev–Trinajstić information content (AvgIpc) is 2.47. The van der Waals surface area contributed by atoms with E-state index in [0.29, 0.717) is 5.52 Å². The highest BCUT2D eigenvalue weighted by Gasteiger charge is 2.21. The summed E-state index contributed by atoms with van der Waals surface area (Å²) in [6, 6.07) is 7.58. The third-order valence-electron chi connectivity index (χ3n) is 3.86. The first-order chi connectivity index (χ1) is 9.65. The van der Waals surface area contributed by atoms with Crippen molar-refractivity contribution in [3.05, 3.63) is 30.1 Å². The Morgan fingerprint density at radius 1 is 1.25 bits per heavy atom. The van der Waals surface area contributed by atoms with Gasteiger partial charge in [0.2, 0.25) is 5.82 Å². The number of fused-ring (bicyclic) bond motifs is 1. The van der Waals surface area contributed by atoms with E-state index in [4.69, 9.17) is 5.11 Å². The van der Waals surface area contributed by atoms with Crippen molar-refractivity contribution < 1.29 is 9.90 Å². The van der Waals surface area contributed by atoms with Crippen LogP contribution in [0.3, 0.4) is 0 Å². The summed E-state index contributed by atoms with van der Waals surface area (Å²) in [5.74, 6) is 0.262. The van der Waals surface area contributed by atoms with Gasteiger partial charge in [0.1, 0.15) is 5.82 Å². The molecule has 1 aromatic carbocycles. The first-order valence-electron chi connectivity index (χ1n) is 6.90. The van der Waals surface area contributed by atoms with Crippen molar-refractivity contribution in [1.29, 1.82) is 0 Å². The number of anilines is 1. The zero-order chi connectivity index (χ0) is 14.1. The molecule has 0 atom stereocenters. The molecule has 0 saturated carbocycles. The van der Waals surface area contributed by atoms with E-state index in [-0.39, 0.29) is 5.82 Å². The fourth-order valence-electron chi connectivity index (χ4n) is 2.62. The maximum atomic E-state index is 11.2. The molecular formula is C15H17N3O2. The lowest BCUT2D eigenvalue weighted by atomic mass is 9.99. The van der Waals surface area contributed by atoms with Crippen molar-refractivity contribution in [2.45, 2.75) is 19.8 Å². The largest absolute Gasteiger partial charge is 0.475 e. The highest BCUT2D eigenvalue weighted by molar-refractivity contribution is 5.93. The van der Waals surface area contributed by atoms with Gasteiger partial charge in [0.05, 0.1) is 5.52 Å². The molecule has 1 aliphatic heterocycles. The molecular weight excluding hydrogens is 254 g/mol. The molecule has 1 saturated heterocycles. The summed E-state index contributed by atoms with van der Waals surface area (Å²) in [6.07, 6.45) is 2.22. The Bertz CT molecular complexity index is 649. The summed E-state index contributed by atoms with van der Waals surface area (Å²) in [4.78, 5) is 21.7. The van der Waals surface area contributed by atoms with Gasteiger partial charge in [-0.3, -0.25) is 0 Å². The van der Waals surface area contributed by atoms with Gasteiger partial charge in [-0.05, 0) is 30.9 Å². The number of nitrogens with zero attached hydrogens (tertiary/aromatic N) is 3. The van der Waals surface area contributed by atoms with E-state index < -0.39 is 5.97 Å². The molecule has 2 heterocycles. The van der Waals surface area contributed by atoms with Crippen LogP contribution in [0.1, 0.15) is 30.4 Å². The molecule has 0 bridgehead atoms. The summed E-state index contributed by atoms with van der Waals surface area (Å²) in [7, 11) is 0. The van der Waals surface area contributed by atoms with Crippen LogP contribution in [-0.2, 0) is 0 Å². The van der Waals surface area contributed by atoms with E-state index in [9.17, 15) is 4.79 Å². The lowest BCUT2D eigenvalue weighted by Gasteiger charge is -2.31. The lowest BCUT2D eigenvalue weighted by Crippen LogP contribution is -2.34. The zero-order valence-corrected chi connectivity index (χ0v) is 11.4. The minimum atomic E-state index is -1.08. The van der Waals surface area contributed by atoms with Gasteiger partial charge in [0, 0.05) is 18.5 Å². The third kappa shape index (κ3) is 2.31. The fourth-order valence-corrected chi connectivity index (χ4v) is 2.62. The molecule has 0 radical (unpaired) electrons. The maximum Gasteiger partial charge on any atom is 0.374 e. The number of benzene rings is 1. The number of para-hydroxylation sites is 1. The number of hydrogen-bond acceptors (Lipinski definition) is 4. The molecule has 0 aliphatic carbocycles. The molecule has 1 aromatic heterocycles. The first kappa shape index (κ1) is 12.8. The number of aromatic nitrogens is 2. The summed E-state index contributed by atoms with van der Waals surface area (Å²) < 4.78 is 0. The smallest absolute Gasteiger partial charge is 0.374 e. The van der Waals surface area contributed by atoms with Gasteiger partial charge in [-0.25, -0.2) is 14.8 Å².